The molecular formula is C9H17N5S. The first-order chi connectivity index (χ1) is 7.11. The Morgan fingerprint density at radius 2 is 2.20 bits per heavy atom. The molecule has 0 amide bonds. The lowest BCUT2D eigenvalue weighted by Gasteiger charge is -2.09. The molecule has 0 bridgehead atoms. The number of hydrogen-bond donors (Lipinski definition) is 2. The number of nitrogens with zero attached hydrogens (tertiary/aromatic N) is 3. The van der Waals surface area contributed by atoms with Gasteiger partial charge in [0.15, 0.2) is 0 Å². The Morgan fingerprint density at radius 1 is 1.47 bits per heavy atom. The Balaban J connectivity index is 2.56. The molecule has 84 valence electrons. The summed E-state index contributed by atoms with van der Waals surface area (Å²) >= 11 is 1.70. The van der Waals surface area contributed by atoms with E-state index in [0.29, 0.717) is 5.95 Å². The smallest absolute Gasteiger partial charge is 0.238 e. The lowest BCUT2D eigenvalue weighted by atomic mass is 10.5. The molecule has 0 unspecified atom stereocenters. The zero-order chi connectivity index (χ0) is 11.3. The van der Waals surface area contributed by atoms with E-state index in [-0.39, 0.29) is 0 Å². The number of nitrogens with one attached hydrogen (secondary N) is 1. The maximum Gasteiger partial charge on any atom is 0.238 e. The average molecular weight is 227 g/mol. The fourth-order valence-electron chi connectivity index (χ4n) is 1.01. The third-order valence-electron chi connectivity index (χ3n) is 1.75. The molecule has 15 heavy (non-hydrogen) atoms. The summed E-state index contributed by atoms with van der Waals surface area (Å²) in [5.74, 6) is 6.75. The van der Waals surface area contributed by atoms with Gasteiger partial charge in [-0.25, -0.2) is 15.8 Å². The maximum absolute atomic E-state index is 5.27. The van der Waals surface area contributed by atoms with Crippen molar-refractivity contribution in [2.45, 2.75) is 11.9 Å². The van der Waals surface area contributed by atoms with Crippen LogP contribution in [0.25, 0.3) is 0 Å². The van der Waals surface area contributed by atoms with Gasteiger partial charge in [0.1, 0.15) is 5.03 Å². The molecule has 0 aromatic carbocycles. The second kappa shape index (κ2) is 5.89. The first-order valence-corrected chi connectivity index (χ1v) is 5.70. The van der Waals surface area contributed by atoms with Crippen LogP contribution in [0.3, 0.4) is 0 Å². The van der Waals surface area contributed by atoms with Gasteiger partial charge >= 0.3 is 0 Å². The van der Waals surface area contributed by atoms with Gasteiger partial charge in [-0.05, 0) is 27.1 Å². The van der Waals surface area contributed by atoms with Crippen LogP contribution in [0, 0.1) is 6.92 Å². The number of nitrogen functional groups attached to an aromatic ring is 1. The van der Waals surface area contributed by atoms with Gasteiger partial charge in [0.05, 0.1) is 0 Å². The van der Waals surface area contributed by atoms with Crippen molar-refractivity contribution in [1.29, 1.82) is 0 Å². The monoisotopic (exact) mass is 227 g/mol. The predicted octanol–water partition coefficient (Wildman–Crippen LogP) is 0.724. The fraction of sp³-hybridized carbons (Fsp3) is 0.556. The summed E-state index contributed by atoms with van der Waals surface area (Å²) in [5.41, 5.74) is 3.38. The Kier molecular flexibility index (Phi) is 4.80. The van der Waals surface area contributed by atoms with E-state index >= 15 is 0 Å². The highest BCUT2D eigenvalue weighted by molar-refractivity contribution is 7.99. The molecule has 5 nitrogen and oxygen atoms in total. The highest BCUT2D eigenvalue weighted by Crippen LogP contribution is 2.17. The minimum absolute atomic E-state index is 0.474. The highest BCUT2D eigenvalue weighted by Gasteiger charge is 2.01. The molecule has 0 saturated heterocycles. The van der Waals surface area contributed by atoms with Gasteiger partial charge in [0, 0.05) is 18.0 Å². The van der Waals surface area contributed by atoms with Gasteiger partial charge in [-0.1, -0.05) is 0 Å². The van der Waals surface area contributed by atoms with Gasteiger partial charge in [-0.3, -0.25) is 5.43 Å². The quantitative estimate of drug-likeness (QED) is 0.334. The number of hydrogen-bond acceptors (Lipinski definition) is 6. The summed E-state index contributed by atoms with van der Waals surface area (Å²) < 4.78 is 0. The molecule has 0 radical (unpaired) electrons. The van der Waals surface area contributed by atoms with Crippen LogP contribution in [-0.2, 0) is 0 Å². The summed E-state index contributed by atoms with van der Waals surface area (Å²) in [4.78, 5) is 10.5. The largest absolute Gasteiger partial charge is 0.309 e. The second-order valence-electron chi connectivity index (χ2n) is 3.47. The predicted molar refractivity (Wildman–Crippen MR) is 63.9 cm³/mol. The number of nitrogens with two attached hydrogens (primary N) is 1. The Morgan fingerprint density at radius 3 is 2.80 bits per heavy atom. The van der Waals surface area contributed by atoms with Crippen LogP contribution in [0.2, 0.25) is 0 Å². The van der Waals surface area contributed by atoms with Crippen LogP contribution in [0.1, 0.15) is 5.69 Å². The van der Waals surface area contributed by atoms with Crippen molar-refractivity contribution in [1.82, 2.24) is 14.9 Å². The molecule has 0 spiro atoms. The van der Waals surface area contributed by atoms with Crippen LogP contribution in [0.15, 0.2) is 11.1 Å². The van der Waals surface area contributed by atoms with Gasteiger partial charge in [-0.15, -0.1) is 11.8 Å². The van der Waals surface area contributed by atoms with Crippen LogP contribution in [-0.4, -0.2) is 41.3 Å². The minimum atomic E-state index is 0.474. The minimum Gasteiger partial charge on any atom is -0.309 e. The van der Waals surface area contributed by atoms with Crippen LogP contribution >= 0.6 is 11.8 Å². The van der Waals surface area contributed by atoms with E-state index in [0.717, 1.165) is 23.0 Å². The van der Waals surface area contributed by atoms with Crippen molar-refractivity contribution >= 4 is 17.7 Å². The van der Waals surface area contributed by atoms with Gasteiger partial charge in [0.2, 0.25) is 5.95 Å². The molecule has 6 heteroatoms. The van der Waals surface area contributed by atoms with Crippen molar-refractivity contribution in [2.24, 2.45) is 5.84 Å². The number of hydrazine groups is 1. The second-order valence-corrected chi connectivity index (χ2v) is 4.58. The number of rotatable bonds is 5. The molecular weight excluding hydrogens is 210 g/mol. The van der Waals surface area contributed by atoms with E-state index < -0.39 is 0 Å². The Hall–Kier alpha value is -0.850. The molecule has 0 saturated carbocycles. The number of thioether (sulfide) groups is 1. The van der Waals surface area contributed by atoms with Gasteiger partial charge in [-0.2, -0.15) is 0 Å². The third kappa shape index (κ3) is 4.46. The molecule has 3 N–H and O–H groups in total. The lowest BCUT2D eigenvalue weighted by molar-refractivity contribution is 0.437. The summed E-state index contributed by atoms with van der Waals surface area (Å²) in [7, 11) is 4.11. The maximum atomic E-state index is 5.27. The summed E-state index contributed by atoms with van der Waals surface area (Å²) in [6.07, 6.45) is 0. The van der Waals surface area contributed by atoms with Crippen LogP contribution in [0.5, 0.6) is 0 Å². The van der Waals surface area contributed by atoms with E-state index in [9.17, 15) is 0 Å². The van der Waals surface area contributed by atoms with Gasteiger partial charge in [0.25, 0.3) is 0 Å². The molecule has 0 aliphatic rings. The zero-order valence-corrected chi connectivity index (χ0v) is 10.1. The Labute approximate surface area is 94.4 Å². The number of aryl methyl sites for hydroxylation is 1. The number of aromatic nitrogens is 2. The van der Waals surface area contributed by atoms with E-state index in [1.165, 1.54) is 0 Å². The first-order valence-electron chi connectivity index (χ1n) is 4.71. The van der Waals surface area contributed by atoms with Gasteiger partial charge < -0.3 is 4.90 Å². The normalized spacial score (nSPS) is 10.7. The fourth-order valence-corrected chi connectivity index (χ4v) is 2.08. The topological polar surface area (TPSA) is 67.1 Å². The average Bonchev–Trinajstić information content (AvgIpc) is 2.16. The first kappa shape index (κ1) is 12.2. The molecule has 1 rings (SSSR count). The molecule has 0 aliphatic heterocycles. The van der Waals surface area contributed by atoms with Crippen molar-refractivity contribution in [3.05, 3.63) is 11.8 Å². The van der Waals surface area contributed by atoms with E-state index in [1.54, 1.807) is 11.8 Å². The highest BCUT2D eigenvalue weighted by atomic mass is 32.2. The molecule has 1 heterocycles. The lowest BCUT2D eigenvalue weighted by Crippen LogP contribution is -2.15. The summed E-state index contributed by atoms with van der Waals surface area (Å²) in [6.45, 7) is 2.96. The zero-order valence-electron chi connectivity index (χ0n) is 9.32. The SMILES string of the molecule is Cc1cc(SCCN(C)C)nc(NN)n1. The van der Waals surface area contributed by atoms with E-state index in [2.05, 4.69) is 34.4 Å². The third-order valence-corrected chi connectivity index (χ3v) is 2.64. The molecule has 0 aliphatic carbocycles. The Bertz CT molecular complexity index is 315. The van der Waals surface area contributed by atoms with E-state index in [4.69, 9.17) is 5.84 Å². The van der Waals surface area contributed by atoms with Crippen molar-refractivity contribution < 1.29 is 0 Å². The summed E-state index contributed by atoms with van der Waals surface area (Å²) in [5, 5.41) is 0.956. The standard InChI is InChI=1S/C9H17N5S/c1-7-6-8(12-9(11-7)13-10)15-5-4-14(2)3/h6H,4-5,10H2,1-3H3,(H,11,12,13). The van der Waals surface area contributed by atoms with Crippen molar-refractivity contribution in [3.8, 4) is 0 Å². The molecule has 0 fully saturated rings. The molecule has 1 aromatic rings. The van der Waals surface area contributed by atoms with Crippen molar-refractivity contribution in [2.75, 3.05) is 31.8 Å². The van der Waals surface area contributed by atoms with E-state index in [1.807, 2.05) is 13.0 Å². The van der Waals surface area contributed by atoms with Crippen molar-refractivity contribution in [3.63, 3.8) is 0 Å². The van der Waals surface area contributed by atoms with Crippen LogP contribution < -0.4 is 11.3 Å². The molecule has 0 atom stereocenters. The number of anilines is 1. The van der Waals surface area contributed by atoms with Crippen LogP contribution in [0.4, 0.5) is 5.95 Å². The summed E-state index contributed by atoms with van der Waals surface area (Å²) in [6, 6.07) is 1.96. The molecule has 1 aromatic heterocycles.